The molecule has 0 bridgehead atoms. The molecule has 1 aromatic carbocycles. The van der Waals surface area contributed by atoms with Crippen LogP contribution in [0.5, 0.6) is 0 Å². The average Bonchev–Trinajstić information content (AvgIpc) is 2.97. The maximum atomic E-state index is 13.4. The summed E-state index contributed by atoms with van der Waals surface area (Å²) < 4.78 is 13.4. The van der Waals surface area contributed by atoms with Gasteiger partial charge in [0.05, 0.1) is 24.5 Å². The second-order valence-corrected chi connectivity index (χ2v) is 5.61. The van der Waals surface area contributed by atoms with E-state index in [0.29, 0.717) is 5.69 Å². The summed E-state index contributed by atoms with van der Waals surface area (Å²) in [6.07, 6.45) is 3.26. The van der Waals surface area contributed by atoms with E-state index >= 15 is 0 Å². The molecule has 1 saturated heterocycles. The van der Waals surface area contributed by atoms with E-state index < -0.39 is 18.0 Å². The van der Waals surface area contributed by atoms with Gasteiger partial charge in [-0.25, -0.2) is 9.78 Å². The van der Waals surface area contributed by atoms with Gasteiger partial charge in [-0.15, -0.1) is 0 Å². The van der Waals surface area contributed by atoms with Gasteiger partial charge in [-0.1, -0.05) is 30.3 Å². The zero-order valence-corrected chi connectivity index (χ0v) is 13.0. The quantitative estimate of drug-likeness (QED) is 0.676. The fourth-order valence-electron chi connectivity index (χ4n) is 3.00. The molecule has 0 radical (unpaired) electrons. The van der Waals surface area contributed by atoms with Crippen molar-refractivity contribution in [2.24, 2.45) is 0 Å². The van der Waals surface area contributed by atoms with Crippen molar-refractivity contribution in [1.82, 2.24) is 9.97 Å². The summed E-state index contributed by atoms with van der Waals surface area (Å²) in [7, 11) is 0. The van der Waals surface area contributed by atoms with Crippen LogP contribution in [-0.2, 0) is 0 Å². The molecule has 0 aliphatic carbocycles. The molecule has 2 aromatic heterocycles. The van der Waals surface area contributed by atoms with Gasteiger partial charge in [0, 0.05) is 17.0 Å². The zero-order chi connectivity index (χ0) is 17.4. The predicted molar refractivity (Wildman–Crippen MR) is 90.6 cm³/mol. The van der Waals surface area contributed by atoms with E-state index in [9.17, 15) is 14.4 Å². The van der Waals surface area contributed by atoms with E-state index in [4.69, 9.17) is 0 Å². The second-order valence-electron chi connectivity index (χ2n) is 5.61. The highest BCUT2D eigenvalue weighted by atomic mass is 19.1. The number of rotatable bonds is 2. The van der Waals surface area contributed by atoms with Gasteiger partial charge in [0.2, 0.25) is 5.95 Å². The van der Waals surface area contributed by atoms with Gasteiger partial charge in [-0.3, -0.25) is 14.8 Å². The molecule has 1 aliphatic heterocycles. The molecule has 4 rings (SSSR count). The Bertz CT molecular complexity index is 1010. The highest BCUT2D eigenvalue weighted by molar-refractivity contribution is 6.11. The summed E-state index contributed by atoms with van der Waals surface area (Å²) in [6, 6.07) is 12.7. The van der Waals surface area contributed by atoms with Crippen molar-refractivity contribution in [1.29, 1.82) is 5.26 Å². The Balaban J connectivity index is 1.81. The Morgan fingerprint density at radius 1 is 1.16 bits per heavy atom. The number of urea groups is 1. The van der Waals surface area contributed by atoms with Crippen LogP contribution in [0.4, 0.5) is 20.7 Å². The molecule has 1 fully saturated rings. The van der Waals surface area contributed by atoms with E-state index in [2.05, 4.69) is 16.0 Å². The van der Waals surface area contributed by atoms with Crippen LogP contribution in [0.2, 0.25) is 0 Å². The fourth-order valence-corrected chi connectivity index (χ4v) is 3.00. The third kappa shape index (κ3) is 2.44. The Morgan fingerprint density at radius 3 is 2.80 bits per heavy atom. The minimum atomic E-state index is -0.717. The molecule has 7 heteroatoms. The van der Waals surface area contributed by atoms with Gasteiger partial charge < -0.3 is 0 Å². The van der Waals surface area contributed by atoms with E-state index in [1.807, 2.05) is 24.3 Å². The first-order valence-electron chi connectivity index (χ1n) is 7.64. The maximum absolute atomic E-state index is 13.4. The van der Waals surface area contributed by atoms with Gasteiger partial charge in [0.1, 0.15) is 11.9 Å². The van der Waals surface area contributed by atoms with E-state index in [0.717, 1.165) is 10.8 Å². The molecule has 122 valence electrons. The lowest BCUT2D eigenvalue weighted by Crippen LogP contribution is -2.35. The Kier molecular flexibility index (Phi) is 3.51. The Hall–Kier alpha value is -3.53. The van der Waals surface area contributed by atoms with Crippen LogP contribution in [0.25, 0.3) is 10.8 Å². The van der Waals surface area contributed by atoms with E-state index in [-0.39, 0.29) is 12.4 Å². The average molecular weight is 333 g/mol. The molecular weight excluding hydrogens is 321 g/mol. The molecule has 1 atom stereocenters. The van der Waals surface area contributed by atoms with Crippen molar-refractivity contribution in [3.8, 4) is 6.07 Å². The lowest BCUT2D eigenvalue weighted by atomic mass is 10.1. The first-order chi connectivity index (χ1) is 12.2. The molecule has 1 aliphatic rings. The second kappa shape index (κ2) is 5.83. The predicted octanol–water partition coefficient (Wildman–Crippen LogP) is 3.11. The van der Waals surface area contributed by atoms with Crippen LogP contribution in [0.1, 0.15) is 0 Å². The number of benzene rings is 1. The third-order valence-electron chi connectivity index (χ3n) is 4.14. The lowest BCUT2D eigenvalue weighted by molar-refractivity contribution is 0.255. The number of hydrogen-bond donors (Lipinski definition) is 0. The van der Waals surface area contributed by atoms with Crippen molar-refractivity contribution >= 4 is 28.3 Å². The van der Waals surface area contributed by atoms with Crippen molar-refractivity contribution in [2.45, 2.75) is 6.04 Å². The summed E-state index contributed by atoms with van der Waals surface area (Å²) >= 11 is 0. The molecule has 0 spiro atoms. The van der Waals surface area contributed by atoms with Gasteiger partial charge in [-0.2, -0.15) is 9.65 Å². The summed E-state index contributed by atoms with van der Waals surface area (Å²) in [5.41, 5.74) is 0.550. The molecule has 0 N–H and O–H groups in total. The molecule has 3 heterocycles. The smallest absolute Gasteiger partial charge is 0.275 e. The van der Waals surface area contributed by atoms with Gasteiger partial charge in [-0.05, 0) is 12.1 Å². The van der Waals surface area contributed by atoms with Crippen LogP contribution >= 0.6 is 0 Å². The highest BCUT2D eigenvalue weighted by Gasteiger charge is 2.40. The minimum Gasteiger partial charge on any atom is -0.275 e. The lowest BCUT2D eigenvalue weighted by Gasteiger charge is -2.20. The number of fused-ring (bicyclic) bond motifs is 1. The Labute approximate surface area is 142 Å². The zero-order valence-electron chi connectivity index (χ0n) is 13.0. The summed E-state index contributed by atoms with van der Waals surface area (Å²) in [6.45, 7) is 0.106. The SMILES string of the molecule is N#C[C@@H]1CN(c2cccc(F)n2)C(=O)N1c1cncc2ccccc12. The molecule has 2 amide bonds. The largest absolute Gasteiger partial charge is 0.331 e. The number of nitrogens with zero attached hydrogens (tertiary/aromatic N) is 5. The first kappa shape index (κ1) is 15.0. The number of halogens is 1. The number of aromatic nitrogens is 2. The number of hydrogen-bond acceptors (Lipinski definition) is 4. The molecule has 3 aromatic rings. The van der Waals surface area contributed by atoms with Crippen molar-refractivity contribution in [3.63, 3.8) is 0 Å². The van der Waals surface area contributed by atoms with E-state index in [1.54, 1.807) is 18.5 Å². The van der Waals surface area contributed by atoms with Gasteiger partial charge >= 0.3 is 6.03 Å². The molecule has 0 saturated carbocycles. The van der Waals surface area contributed by atoms with Crippen molar-refractivity contribution in [3.05, 3.63) is 60.8 Å². The van der Waals surface area contributed by atoms with Crippen LogP contribution in [0.15, 0.2) is 54.9 Å². The number of carbonyl (C=O) groups is 1. The molecule has 6 nitrogen and oxygen atoms in total. The summed E-state index contributed by atoms with van der Waals surface area (Å²) in [5, 5.41) is 11.2. The van der Waals surface area contributed by atoms with Gasteiger partial charge in [0.15, 0.2) is 0 Å². The molecule has 25 heavy (non-hydrogen) atoms. The minimum absolute atomic E-state index is 0.106. The monoisotopic (exact) mass is 333 g/mol. The molecular formula is C18H12FN5O. The van der Waals surface area contributed by atoms with Crippen LogP contribution in [-0.4, -0.2) is 28.6 Å². The number of amides is 2. The summed E-state index contributed by atoms with van der Waals surface area (Å²) in [5.74, 6) is -0.495. The normalized spacial score (nSPS) is 17.1. The fraction of sp³-hybridized carbons (Fsp3) is 0.111. The Morgan fingerprint density at radius 2 is 2.00 bits per heavy atom. The van der Waals surface area contributed by atoms with Gasteiger partial charge in [0.25, 0.3) is 0 Å². The third-order valence-corrected chi connectivity index (χ3v) is 4.14. The topological polar surface area (TPSA) is 73.1 Å². The van der Waals surface area contributed by atoms with Crippen LogP contribution < -0.4 is 9.80 Å². The number of anilines is 2. The summed E-state index contributed by atoms with van der Waals surface area (Å²) in [4.78, 5) is 23.6. The number of carbonyl (C=O) groups excluding carboxylic acids is 1. The van der Waals surface area contributed by atoms with Crippen molar-refractivity contribution in [2.75, 3.05) is 16.3 Å². The van der Waals surface area contributed by atoms with Crippen LogP contribution in [0, 0.1) is 17.3 Å². The standard InChI is InChI=1S/C18H12FN5O/c19-16-6-3-7-17(22-16)23-11-13(8-20)24(18(23)25)15-10-21-9-12-4-1-2-5-14(12)15/h1-7,9-10,13H,11H2/t13-/m1/s1. The van der Waals surface area contributed by atoms with E-state index in [1.165, 1.54) is 21.9 Å². The highest BCUT2D eigenvalue weighted by Crippen LogP contribution is 2.32. The van der Waals surface area contributed by atoms with Crippen LogP contribution in [0.3, 0.4) is 0 Å². The first-order valence-corrected chi connectivity index (χ1v) is 7.64. The number of pyridine rings is 2. The van der Waals surface area contributed by atoms with Crippen molar-refractivity contribution < 1.29 is 9.18 Å². The molecule has 0 unspecified atom stereocenters. The number of nitriles is 1. The maximum Gasteiger partial charge on any atom is 0.331 e.